The smallest absolute Gasteiger partial charge is 0.251 e. The SMILES string of the molecule is O=C(CCSc1ccccc1F)NCCNC(=O)c1ccccc1. The van der Waals surface area contributed by atoms with Crippen LogP contribution in [0, 0.1) is 5.82 Å². The molecule has 2 rings (SSSR count). The van der Waals surface area contributed by atoms with Crippen LogP contribution in [-0.2, 0) is 4.79 Å². The van der Waals surface area contributed by atoms with Gasteiger partial charge in [0.2, 0.25) is 5.91 Å². The van der Waals surface area contributed by atoms with Crippen LogP contribution in [0.5, 0.6) is 0 Å². The molecule has 0 saturated heterocycles. The Balaban J connectivity index is 1.58. The fourth-order valence-electron chi connectivity index (χ4n) is 1.97. The second-order valence-electron chi connectivity index (χ2n) is 5.00. The monoisotopic (exact) mass is 346 g/mol. The average molecular weight is 346 g/mol. The van der Waals surface area contributed by atoms with E-state index in [-0.39, 0.29) is 17.6 Å². The molecule has 0 saturated carbocycles. The number of benzene rings is 2. The minimum Gasteiger partial charge on any atom is -0.354 e. The summed E-state index contributed by atoms with van der Waals surface area (Å²) in [7, 11) is 0. The maximum atomic E-state index is 13.4. The zero-order valence-corrected chi connectivity index (χ0v) is 13.9. The maximum Gasteiger partial charge on any atom is 0.251 e. The van der Waals surface area contributed by atoms with Gasteiger partial charge in [0.15, 0.2) is 0 Å². The topological polar surface area (TPSA) is 58.2 Å². The van der Waals surface area contributed by atoms with E-state index in [0.717, 1.165) is 0 Å². The van der Waals surface area contributed by atoms with Gasteiger partial charge in [0.05, 0.1) is 0 Å². The molecule has 2 aromatic carbocycles. The molecule has 0 aliphatic carbocycles. The van der Waals surface area contributed by atoms with Gasteiger partial charge in [-0.1, -0.05) is 30.3 Å². The van der Waals surface area contributed by atoms with Crippen LogP contribution in [0.15, 0.2) is 59.5 Å². The minimum absolute atomic E-state index is 0.118. The number of hydrogen-bond acceptors (Lipinski definition) is 3. The van der Waals surface area contributed by atoms with E-state index < -0.39 is 0 Å². The van der Waals surface area contributed by atoms with E-state index in [4.69, 9.17) is 0 Å². The molecule has 2 N–H and O–H groups in total. The standard InChI is InChI=1S/C18H19FN2O2S/c19-15-8-4-5-9-16(15)24-13-10-17(22)20-11-12-21-18(23)14-6-2-1-3-7-14/h1-9H,10-13H2,(H,20,22)(H,21,23). The van der Waals surface area contributed by atoms with Gasteiger partial charge in [0.1, 0.15) is 5.82 Å². The highest BCUT2D eigenvalue weighted by molar-refractivity contribution is 7.99. The molecule has 2 amide bonds. The number of halogens is 1. The van der Waals surface area contributed by atoms with Crippen molar-refractivity contribution in [2.75, 3.05) is 18.8 Å². The molecule has 0 aliphatic heterocycles. The maximum absolute atomic E-state index is 13.4. The van der Waals surface area contributed by atoms with Gasteiger partial charge in [0, 0.05) is 35.7 Å². The summed E-state index contributed by atoms with van der Waals surface area (Å²) in [4.78, 5) is 24.0. The molecule has 0 atom stereocenters. The number of amides is 2. The second-order valence-corrected chi connectivity index (χ2v) is 6.14. The first kappa shape index (κ1) is 18.0. The van der Waals surface area contributed by atoms with E-state index in [1.165, 1.54) is 17.8 Å². The molecule has 2 aromatic rings. The number of carbonyl (C=O) groups is 2. The third-order valence-electron chi connectivity index (χ3n) is 3.19. The van der Waals surface area contributed by atoms with Gasteiger partial charge >= 0.3 is 0 Å². The zero-order valence-electron chi connectivity index (χ0n) is 13.1. The van der Waals surface area contributed by atoms with Crippen molar-refractivity contribution in [3.63, 3.8) is 0 Å². The Hall–Kier alpha value is -2.34. The molecule has 0 spiro atoms. The summed E-state index contributed by atoms with van der Waals surface area (Å²) in [6.07, 6.45) is 0.297. The summed E-state index contributed by atoms with van der Waals surface area (Å²) in [6.45, 7) is 0.724. The van der Waals surface area contributed by atoms with Gasteiger partial charge in [-0.15, -0.1) is 11.8 Å². The number of nitrogens with one attached hydrogen (secondary N) is 2. The third-order valence-corrected chi connectivity index (χ3v) is 4.24. The average Bonchev–Trinajstić information content (AvgIpc) is 2.61. The van der Waals surface area contributed by atoms with Crippen LogP contribution in [0.3, 0.4) is 0 Å². The lowest BCUT2D eigenvalue weighted by Gasteiger charge is -2.07. The molecular weight excluding hydrogens is 327 g/mol. The van der Waals surface area contributed by atoms with Crippen LogP contribution < -0.4 is 10.6 Å². The summed E-state index contributed by atoms with van der Waals surface area (Å²) in [5.41, 5.74) is 0.588. The molecule has 0 unspecified atom stereocenters. The zero-order chi connectivity index (χ0) is 17.2. The Morgan fingerprint density at radius 1 is 0.917 bits per heavy atom. The van der Waals surface area contributed by atoms with E-state index >= 15 is 0 Å². The van der Waals surface area contributed by atoms with Crippen LogP contribution in [-0.4, -0.2) is 30.7 Å². The molecule has 0 bridgehead atoms. The Morgan fingerprint density at radius 2 is 1.58 bits per heavy atom. The normalized spacial score (nSPS) is 10.2. The fourth-order valence-corrected chi connectivity index (χ4v) is 2.86. The quantitative estimate of drug-likeness (QED) is 0.571. The van der Waals surface area contributed by atoms with Gasteiger partial charge in [-0.2, -0.15) is 0 Å². The Bertz CT molecular complexity index is 680. The summed E-state index contributed by atoms with van der Waals surface area (Å²) >= 11 is 1.31. The predicted octanol–water partition coefficient (Wildman–Crippen LogP) is 2.85. The minimum atomic E-state index is -0.272. The lowest BCUT2D eigenvalue weighted by Crippen LogP contribution is -2.34. The van der Waals surface area contributed by atoms with E-state index in [1.807, 2.05) is 6.07 Å². The van der Waals surface area contributed by atoms with Crippen molar-refractivity contribution < 1.29 is 14.0 Å². The van der Waals surface area contributed by atoms with E-state index in [9.17, 15) is 14.0 Å². The predicted molar refractivity (Wildman–Crippen MR) is 93.5 cm³/mol. The molecule has 6 heteroatoms. The first-order chi connectivity index (χ1) is 11.7. The Kier molecular flexibility index (Phi) is 7.29. The van der Waals surface area contributed by atoms with Crippen molar-refractivity contribution in [3.05, 3.63) is 66.0 Å². The molecule has 0 aliphatic rings. The molecular formula is C18H19FN2O2S. The largest absolute Gasteiger partial charge is 0.354 e. The third kappa shape index (κ3) is 6.04. The number of rotatable bonds is 8. The highest BCUT2D eigenvalue weighted by atomic mass is 32.2. The second kappa shape index (κ2) is 9.72. The van der Waals surface area contributed by atoms with E-state index in [0.29, 0.717) is 35.7 Å². The molecule has 0 heterocycles. The van der Waals surface area contributed by atoms with Gasteiger partial charge in [-0.25, -0.2) is 4.39 Å². The summed E-state index contributed by atoms with van der Waals surface area (Å²) in [5.74, 6) is -0.0531. The van der Waals surface area contributed by atoms with E-state index in [1.54, 1.807) is 42.5 Å². The van der Waals surface area contributed by atoms with Crippen LogP contribution >= 0.6 is 11.8 Å². The van der Waals surface area contributed by atoms with Crippen LogP contribution in [0.2, 0.25) is 0 Å². The highest BCUT2D eigenvalue weighted by Gasteiger charge is 2.06. The highest BCUT2D eigenvalue weighted by Crippen LogP contribution is 2.21. The Labute approximate surface area is 144 Å². The van der Waals surface area contributed by atoms with Gasteiger partial charge in [-0.3, -0.25) is 9.59 Å². The first-order valence-corrected chi connectivity index (χ1v) is 8.62. The van der Waals surface area contributed by atoms with Gasteiger partial charge < -0.3 is 10.6 Å². The summed E-state index contributed by atoms with van der Waals surface area (Å²) in [5, 5.41) is 5.46. The van der Waals surface area contributed by atoms with Crippen molar-refractivity contribution in [3.8, 4) is 0 Å². The van der Waals surface area contributed by atoms with Crippen molar-refractivity contribution in [2.45, 2.75) is 11.3 Å². The van der Waals surface area contributed by atoms with Crippen molar-refractivity contribution in [1.82, 2.24) is 10.6 Å². The van der Waals surface area contributed by atoms with Crippen molar-refractivity contribution in [1.29, 1.82) is 0 Å². The molecule has 4 nitrogen and oxygen atoms in total. The molecule has 126 valence electrons. The van der Waals surface area contributed by atoms with Crippen LogP contribution in [0.4, 0.5) is 4.39 Å². The number of hydrogen-bond donors (Lipinski definition) is 2. The lowest BCUT2D eigenvalue weighted by molar-refractivity contribution is -0.120. The van der Waals surface area contributed by atoms with Gasteiger partial charge in [0.25, 0.3) is 5.91 Å². The molecule has 24 heavy (non-hydrogen) atoms. The van der Waals surface area contributed by atoms with Gasteiger partial charge in [-0.05, 0) is 24.3 Å². The van der Waals surface area contributed by atoms with E-state index in [2.05, 4.69) is 10.6 Å². The molecule has 0 fully saturated rings. The molecule has 0 radical (unpaired) electrons. The fraction of sp³-hybridized carbons (Fsp3) is 0.222. The number of thioether (sulfide) groups is 1. The first-order valence-electron chi connectivity index (χ1n) is 7.64. The Morgan fingerprint density at radius 3 is 2.33 bits per heavy atom. The van der Waals surface area contributed by atoms with Crippen LogP contribution in [0.25, 0.3) is 0 Å². The van der Waals surface area contributed by atoms with Crippen LogP contribution in [0.1, 0.15) is 16.8 Å². The van der Waals surface area contributed by atoms with Crippen molar-refractivity contribution >= 4 is 23.6 Å². The summed E-state index contributed by atoms with van der Waals surface area (Å²) in [6, 6.07) is 15.4. The molecule has 0 aromatic heterocycles. The number of carbonyl (C=O) groups excluding carboxylic acids is 2. The lowest BCUT2D eigenvalue weighted by atomic mass is 10.2. The van der Waals surface area contributed by atoms with Crippen molar-refractivity contribution in [2.24, 2.45) is 0 Å². The summed E-state index contributed by atoms with van der Waals surface area (Å²) < 4.78 is 13.4.